The first kappa shape index (κ1) is 17.6. The minimum atomic E-state index is -1.75. The van der Waals surface area contributed by atoms with Crippen molar-refractivity contribution in [3.63, 3.8) is 0 Å². The monoisotopic (exact) mass is 282 g/mol. The number of carbonyl (C=O) groups excluding carboxylic acids is 3. The van der Waals surface area contributed by atoms with Gasteiger partial charge in [0, 0.05) is 24.6 Å². The van der Waals surface area contributed by atoms with Crippen molar-refractivity contribution in [3.05, 3.63) is 38.0 Å². The van der Waals surface area contributed by atoms with Crippen LogP contribution in [0.15, 0.2) is 38.0 Å². The predicted octanol–water partition coefficient (Wildman–Crippen LogP) is 1.67. The van der Waals surface area contributed by atoms with Crippen molar-refractivity contribution in [2.45, 2.75) is 32.2 Å². The molecule has 0 rings (SSSR count). The minimum Gasteiger partial charge on any atom is -0.451 e. The summed E-state index contributed by atoms with van der Waals surface area (Å²) in [6, 6.07) is 0. The Hall–Kier alpha value is -2.37. The van der Waals surface area contributed by atoms with Crippen molar-refractivity contribution in [1.82, 2.24) is 0 Å². The summed E-state index contributed by atoms with van der Waals surface area (Å²) in [6.45, 7) is 12.8. The summed E-state index contributed by atoms with van der Waals surface area (Å²) < 4.78 is 15.1. The Balaban J connectivity index is 5.36. The number of hydrogen-bond donors (Lipinski definition) is 0. The normalized spacial score (nSPS) is 11.7. The van der Waals surface area contributed by atoms with E-state index < -0.39 is 29.8 Å². The molecule has 0 bridgehead atoms. The van der Waals surface area contributed by atoms with E-state index in [0.717, 1.165) is 18.2 Å². The summed E-state index contributed by atoms with van der Waals surface area (Å²) in [7, 11) is 0. The van der Waals surface area contributed by atoms with E-state index in [-0.39, 0.29) is 6.42 Å². The second kappa shape index (κ2) is 7.93. The van der Waals surface area contributed by atoms with Crippen molar-refractivity contribution in [1.29, 1.82) is 0 Å². The van der Waals surface area contributed by atoms with Crippen molar-refractivity contribution in [3.8, 4) is 0 Å². The van der Waals surface area contributed by atoms with Crippen molar-refractivity contribution in [2.24, 2.45) is 0 Å². The molecular weight excluding hydrogens is 264 g/mol. The second-order valence-corrected chi connectivity index (χ2v) is 3.70. The number of esters is 3. The van der Waals surface area contributed by atoms with Crippen LogP contribution in [0.3, 0.4) is 0 Å². The molecule has 0 aliphatic rings. The molecule has 0 spiro atoms. The van der Waals surface area contributed by atoms with Crippen LogP contribution >= 0.6 is 0 Å². The largest absolute Gasteiger partial charge is 0.451 e. The van der Waals surface area contributed by atoms with E-state index in [4.69, 9.17) is 14.2 Å². The molecule has 0 heterocycles. The van der Waals surface area contributed by atoms with Crippen LogP contribution in [-0.2, 0) is 28.6 Å². The van der Waals surface area contributed by atoms with Gasteiger partial charge < -0.3 is 14.2 Å². The zero-order valence-electron chi connectivity index (χ0n) is 11.6. The summed E-state index contributed by atoms with van der Waals surface area (Å²) in [5.41, 5.74) is 0. The molecule has 1 unspecified atom stereocenters. The first-order valence-corrected chi connectivity index (χ1v) is 5.89. The van der Waals surface area contributed by atoms with Gasteiger partial charge in [0.2, 0.25) is 0 Å². The lowest BCUT2D eigenvalue weighted by Gasteiger charge is -2.35. The Bertz CT molecular complexity index is 401. The Labute approximate surface area is 117 Å². The topological polar surface area (TPSA) is 78.9 Å². The highest BCUT2D eigenvalue weighted by Crippen LogP contribution is 2.26. The van der Waals surface area contributed by atoms with Gasteiger partial charge >= 0.3 is 17.9 Å². The van der Waals surface area contributed by atoms with Crippen LogP contribution in [0.2, 0.25) is 0 Å². The lowest BCUT2D eigenvalue weighted by atomic mass is 10.1. The fourth-order valence-corrected chi connectivity index (χ4v) is 1.35. The number of carbonyl (C=O) groups is 3. The van der Waals surface area contributed by atoms with Gasteiger partial charge in [-0.2, -0.15) is 0 Å². The summed E-state index contributed by atoms with van der Waals surface area (Å²) in [5.74, 6) is -4.12. The molecular formula is C14H18O6. The maximum atomic E-state index is 11.4. The highest BCUT2D eigenvalue weighted by Gasteiger charge is 2.44. The van der Waals surface area contributed by atoms with Gasteiger partial charge in [-0.1, -0.05) is 26.7 Å². The minimum absolute atomic E-state index is 0.0672. The van der Waals surface area contributed by atoms with E-state index >= 15 is 0 Å². The fraction of sp³-hybridized carbons (Fsp3) is 0.357. The maximum Gasteiger partial charge on any atom is 0.333 e. The molecule has 20 heavy (non-hydrogen) atoms. The van der Waals surface area contributed by atoms with Crippen LogP contribution in [-0.4, -0.2) is 29.8 Å². The van der Waals surface area contributed by atoms with E-state index in [0.29, 0.717) is 0 Å². The Morgan fingerprint density at radius 2 is 1.40 bits per heavy atom. The molecule has 1 atom stereocenters. The molecule has 0 saturated heterocycles. The van der Waals surface area contributed by atoms with Crippen LogP contribution in [0.1, 0.15) is 20.3 Å². The summed E-state index contributed by atoms with van der Waals surface area (Å²) in [4.78, 5) is 34.0. The molecule has 110 valence electrons. The fourth-order valence-electron chi connectivity index (χ4n) is 1.35. The van der Waals surface area contributed by atoms with E-state index in [1.807, 2.05) is 0 Å². The number of ether oxygens (including phenoxy) is 3. The van der Waals surface area contributed by atoms with Gasteiger partial charge in [-0.15, -0.1) is 0 Å². The third-order valence-corrected chi connectivity index (χ3v) is 2.45. The second-order valence-electron chi connectivity index (χ2n) is 3.70. The average molecular weight is 282 g/mol. The van der Waals surface area contributed by atoms with Crippen LogP contribution in [0.4, 0.5) is 0 Å². The Morgan fingerprint density at radius 3 is 1.70 bits per heavy atom. The molecule has 0 radical (unpaired) electrons. The lowest BCUT2D eigenvalue weighted by molar-refractivity contribution is -0.258. The summed E-state index contributed by atoms with van der Waals surface area (Å²) >= 11 is 0. The third-order valence-electron chi connectivity index (χ3n) is 2.45. The number of rotatable bonds is 8. The molecule has 0 N–H and O–H groups in total. The quantitative estimate of drug-likeness (QED) is 0.383. The van der Waals surface area contributed by atoms with Gasteiger partial charge in [0.05, 0.1) is 0 Å². The standard InChI is InChI=1S/C14H18O6/c1-6-11(15)18-10(5)14(9-4,19-12(16)7-2)20-13(17)8-3/h6-8,10H,1-3,9H2,4-5H3. The van der Waals surface area contributed by atoms with Crippen molar-refractivity contribution < 1.29 is 28.6 Å². The molecule has 0 aliphatic carbocycles. The van der Waals surface area contributed by atoms with Crippen LogP contribution in [0.25, 0.3) is 0 Å². The highest BCUT2D eigenvalue weighted by atomic mass is 16.8. The Morgan fingerprint density at radius 1 is 1.00 bits per heavy atom. The third kappa shape index (κ3) is 4.72. The van der Waals surface area contributed by atoms with Gasteiger partial charge in [-0.25, -0.2) is 14.4 Å². The van der Waals surface area contributed by atoms with Gasteiger partial charge in [-0.05, 0) is 6.92 Å². The first-order chi connectivity index (χ1) is 9.34. The van der Waals surface area contributed by atoms with Gasteiger partial charge in [-0.3, -0.25) is 0 Å². The van der Waals surface area contributed by atoms with Gasteiger partial charge in [0.1, 0.15) is 0 Å². The molecule has 0 aromatic heterocycles. The zero-order valence-corrected chi connectivity index (χ0v) is 11.6. The molecule has 0 aromatic rings. The average Bonchev–Trinajstić information content (AvgIpc) is 2.45. The van der Waals surface area contributed by atoms with E-state index in [1.54, 1.807) is 6.92 Å². The van der Waals surface area contributed by atoms with E-state index in [1.165, 1.54) is 6.92 Å². The molecule has 6 heteroatoms. The van der Waals surface area contributed by atoms with E-state index in [2.05, 4.69) is 19.7 Å². The molecule has 0 amide bonds. The Kier molecular flexibility index (Phi) is 6.99. The molecule has 0 aromatic carbocycles. The van der Waals surface area contributed by atoms with Crippen molar-refractivity contribution >= 4 is 17.9 Å². The van der Waals surface area contributed by atoms with Crippen molar-refractivity contribution in [2.75, 3.05) is 0 Å². The summed E-state index contributed by atoms with van der Waals surface area (Å²) in [6.07, 6.45) is 1.80. The van der Waals surface area contributed by atoms with E-state index in [9.17, 15) is 14.4 Å². The highest BCUT2D eigenvalue weighted by molar-refractivity contribution is 5.84. The van der Waals surface area contributed by atoms with Gasteiger partial charge in [0.25, 0.3) is 5.79 Å². The molecule has 0 fully saturated rings. The molecule has 0 saturated carbocycles. The molecule has 0 aliphatic heterocycles. The maximum absolute atomic E-state index is 11.4. The smallest absolute Gasteiger partial charge is 0.333 e. The SMILES string of the molecule is C=CC(=O)OC(C)C(CC)(OC(=O)C=C)OC(=O)C=C. The predicted molar refractivity (Wildman–Crippen MR) is 71.4 cm³/mol. The first-order valence-electron chi connectivity index (χ1n) is 5.89. The van der Waals surface area contributed by atoms with Crippen LogP contribution in [0, 0.1) is 0 Å². The lowest BCUT2D eigenvalue weighted by Crippen LogP contribution is -2.49. The molecule has 6 nitrogen and oxygen atoms in total. The zero-order chi connectivity index (χ0) is 15.8. The van der Waals surface area contributed by atoms with Crippen LogP contribution in [0.5, 0.6) is 0 Å². The summed E-state index contributed by atoms with van der Waals surface area (Å²) in [5, 5.41) is 0. The number of hydrogen-bond acceptors (Lipinski definition) is 6. The van der Waals surface area contributed by atoms with Crippen LogP contribution < -0.4 is 0 Å². The van der Waals surface area contributed by atoms with Gasteiger partial charge in [0.15, 0.2) is 6.10 Å².